The van der Waals surface area contributed by atoms with Gasteiger partial charge in [0.1, 0.15) is 6.54 Å². The van der Waals surface area contributed by atoms with Crippen LogP contribution in [0.5, 0.6) is 0 Å². The molecule has 0 aromatic heterocycles. The summed E-state index contributed by atoms with van der Waals surface area (Å²) in [5, 5.41) is 6.05. The Morgan fingerprint density at radius 2 is 1.96 bits per heavy atom. The molecular formula is C18H35N5O3. The molecule has 0 aromatic carbocycles. The van der Waals surface area contributed by atoms with Gasteiger partial charge in [0.2, 0.25) is 11.8 Å². The first-order chi connectivity index (χ1) is 12.5. The van der Waals surface area contributed by atoms with Crippen molar-refractivity contribution in [3.05, 3.63) is 0 Å². The molecular weight excluding hydrogens is 334 g/mol. The van der Waals surface area contributed by atoms with Crippen LogP contribution in [0.2, 0.25) is 0 Å². The van der Waals surface area contributed by atoms with Crippen molar-refractivity contribution < 1.29 is 14.3 Å². The predicted octanol–water partition coefficient (Wildman–Crippen LogP) is 0.295. The van der Waals surface area contributed by atoms with Gasteiger partial charge in [-0.2, -0.15) is 0 Å². The Bertz CT molecular complexity index is 460. The lowest BCUT2D eigenvalue weighted by Gasteiger charge is -2.34. The molecule has 0 atom stereocenters. The maximum absolute atomic E-state index is 11.9. The van der Waals surface area contributed by atoms with Crippen LogP contribution in [0.1, 0.15) is 32.6 Å². The molecule has 0 aromatic rings. The molecule has 2 amide bonds. The molecule has 1 aliphatic heterocycles. The van der Waals surface area contributed by atoms with Gasteiger partial charge in [-0.1, -0.05) is 0 Å². The molecule has 8 nitrogen and oxygen atoms in total. The van der Waals surface area contributed by atoms with Crippen LogP contribution in [0.15, 0.2) is 4.99 Å². The standard InChI is InChI=1S/C18H35N5O3/c1-5-26-12-6-9-20-18(21-14-17(25)22(3)4)23-10-7-15(8-11-23)13-16(24)19-2/h15H,5-14H2,1-4H3,(H,19,24)(H,20,21). The van der Waals surface area contributed by atoms with Crippen LogP contribution >= 0.6 is 0 Å². The fourth-order valence-corrected chi connectivity index (χ4v) is 2.78. The van der Waals surface area contributed by atoms with E-state index in [1.54, 1.807) is 26.0 Å². The molecule has 1 aliphatic rings. The summed E-state index contributed by atoms with van der Waals surface area (Å²) in [7, 11) is 5.14. The fraction of sp³-hybridized carbons (Fsp3) is 0.833. The van der Waals surface area contributed by atoms with Gasteiger partial charge in [-0.15, -0.1) is 0 Å². The van der Waals surface area contributed by atoms with Crippen molar-refractivity contribution in [2.75, 3.05) is 60.5 Å². The minimum Gasteiger partial charge on any atom is -0.382 e. The van der Waals surface area contributed by atoms with Gasteiger partial charge in [0.05, 0.1) is 0 Å². The molecule has 1 heterocycles. The van der Waals surface area contributed by atoms with E-state index < -0.39 is 0 Å². The Hall–Kier alpha value is -1.83. The number of rotatable bonds is 9. The van der Waals surface area contributed by atoms with Crippen molar-refractivity contribution in [2.24, 2.45) is 10.9 Å². The first-order valence-corrected chi connectivity index (χ1v) is 9.49. The third kappa shape index (κ3) is 8.51. The summed E-state index contributed by atoms with van der Waals surface area (Å²) in [6, 6.07) is 0. The number of aliphatic imine (C=N–C) groups is 1. The summed E-state index contributed by atoms with van der Waals surface area (Å²) >= 11 is 0. The molecule has 1 saturated heterocycles. The topological polar surface area (TPSA) is 86.3 Å². The number of piperidine rings is 1. The molecule has 0 aliphatic carbocycles. The molecule has 0 saturated carbocycles. The number of nitrogens with one attached hydrogen (secondary N) is 2. The quantitative estimate of drug-likeness (QED) is 0.347. The van der Waals surface area contributed by atoms with Gasteiger partial charge in [0.25, 0.3) is 0 Å². The lowest BCUT2D eigenvalue weighted by atomic mass is 9.93. The maximum Gasteiger partial charge on any atom is 0.243 e. The second kappa shape index (κ2) is 12.5. The minimum absolute atomic E-state index is 0.0203. The van der Waals surface area contributed by atoms with Gasteiger partial charge in [0, 0.05) is 60.4 Å². The molecule has 2 N–H and O–H groups in total. The normalized spacial score (nSPS) is 15.7. The fourth-order valence-electron chi connectivity index (χ4n) is 2.78. The van der Waals surface area contributed by atoms with Crippen LogP contribution in [0.4, 0.5) is 0 Å². The van der Waals surface area contributed by atoms with E-state index in [0.29, 0.717) is 18.9 Å². The number of nitrogens with zero attached hydrogens (tertiary/aromatic N) is 3. The summed E-state index contributed by atoms with van der Waals surface area (Å²) in [5.74, 6) is 1.26. The average Bonchev–Trinajstić information content (AvgIpc) is 2.64. The number of hydrogen-bond donors (Lipinski definition) is 2. The Kier molecular flexibility index (Phi) is 10.7. The highest BCUT2D eigenvalue weighted by atomic mass is 16.5. The SMILES string of the molecule is CCOCCCNC(=NCC(=O)N(C)C)N1CCC(CC(=O)NC)CC1. The number of likely N-dealkylation sites (N-methyl/N-ethyl adjacent to an activating group) is 1. The van der Waals surface area contributed by atoms with E-state index in [1.807, 2.05) is 6.92 Å². The smallest absolute Gasteiger partial charge is 0.243 e. The van der Waals surface area contributed by atoms with Gasteiger partial charge in [-0.25, -0.2) is 4.99 Å². The van der Waals surface area contributed by atoms with E-state index in [1.165, 1.54) is 0 Å². The van der Waals surface area contributed by atoms with Crippen molar-refractivity contribution in [1.82, 2.24) is 20.4 Å². The van der Waals surface area contributed by atoms with Crippen LogP contribution in [0, 0.1) is 5.92 Å². The van der Waals surface area contributed by atoms with Crippen LogP contribution in [0.3, 0.4) is 0 Å². The number of likely N-dealkylation sites (tertiary alicyclic amines) is 1. The molecule has 150 valence electrons. The van der Waals surface area contributed by atoms with E-state index in [-0.39, 0.29) is 18.4 Å². The predicted molar refractivity (Wildman–Crippen MR) is 103 cm³/mol. The second-order valence-corrected chi connectivity index (χ2v) is 6.71. The summed E-state index contributed by atoms with van der Waals surface area (Å²) in [6.45, 7) is 5.99. The molecule has 8 heteroatoms. The molecule has 1 fully saturated rings. The lowest BCUT2D eigenvalue weighted by molar-refractivity contribution is -0.127. The van der Waals surface area contributed by atoms with Gasteiger partial charge in [-0.3, -0.25) is 9.59 Å². The highest BCUT2D eigenvalue weighted by molar-refractivity contribution is 5.85. The van der Waals surface area contributed by atoms with E-state index in [2.05, 4.69) is 20.5 Å². The average molecular weight is 370 g/mol. The highest BCUT2D eigenvalue weighted by Gasteiger charge is 2.23. The Labute approximate surface area is 157 Å². The van der Waals surface area contributed by atoms with Crippen molar-refractivity contribution in [2.45, 2.75) is 32.6 Å². The summed E-state index contributed by atoms with van der Waals surface area (Å²) in [5.41, 5.74) is 0. The van der Waals surface area contributed by atoms with Crippen molar-refractivity contribution in [1.29, 1.82) is 0 Å². The van der Waals surface area contributed by atoms with E-state index in [0.717, 1.165) is 51.5 Å². The van der Waals surface area contributed by atoms with E-state index in [4.69, 9.17) is 4.74 Å². The molecule has 0 unspecified atom stereocenters. The van der Waals surface area contributed by atoms with Crippen molar-refractivity contribution >= 4 is 17.8 Å². The third-order valence-corrected chi connectivity index (χ3v) is 4.48. The molecule has 26 heavy (non-hydrogen) atoms. The maximum atomic E-state index is 11.9. The van der Waals surface area contributed by atoms with Crippen molar-refractivity contribution in [3.63, 3.8) is 0 Å². The molecule has 0 bridgehead atoms. The van der Waals surface area contributed by atoms with E-state index in [9.17, 15) is 9.59 Å². The number of carbonyl (C=O) groups excluding carboxylic acids is 2. The molecule has 0 spiro atoms. The number of guanidine groups is 1. The number of ether oxygens (including phenoxy) is 1. The zero-order chi connectivity index (χ0) is 19.4. The number of hydrogen-bond acceptors (Lipinski definition) is 4. The molecule has 1 rings (SSSR count). The zero-order valence-electron chi connectivity index (χ0n) is 16.7. The monoisotopic (exact) mass is 369 g/mol. The van der Waals surface area contributed by atoms with Gasteiger partial charge < -0.3 is 25.2 Å². The molecule has 0 radical (unpaired) electrons. The van der Waals surface area contributed by atoms with Gasteiger partial charge in [-0.05, 0) is 32.1 Å². The van der Waals surface area contributed by atoms with Gasteiger partial charge in [0.15, 0.2) is 5.96 Å². The van der Waals surface area contributed by atoms with Crippen molar-refractivity contribution in [3.8, 4) is 0 Å². The first kappa shape index (κ1) is 22.2. The minimum atomic E-state index is -0.0203. The largest absolute Gasteiger partial charge is 0.382 e. The summed E-state index contributed by atoms with van der Waals surface area (Å²) in [4.78, 5) is 31.6. The lowest BCUT2D eigenvalue weighted by Crippen LogP contribution is -2.47. The van der Waals surface area contributed by atoms with Crippen LogP contribution in [-0.2, 0) is 14.3 Å². The summed E-state index contributed by atoms with van der Waals surface area (Å²) < 4.78 is 5.36. The number of carbonyl (C=O) groups is 2. The van der Waals surface area contributed by atoms with Gasteiger partial charge >= 0.3 is 0 Å². The zero-order valence-corrected chi connectivity index (χ0v) is 16.7. The second-order valence-electron chi connectivity index (χ2n) is 6.71. The Morgan fingerprint density at radius 3 is 2.54 bits per heavy atom. The Balaban J connectivity index is 2.56. The van der Waals surface area contributed by atoms with Crippen LogP contribution < -0.4 is 10.6 Å². The van der Waals surface area contributed by atoms with Crippen LogP contribution in [-0.4, -0.2) is 88.1 Å². The highest BCUT2D eigenvalue weighted by Crippen LogP contribution is 2.20. The van der Waals surface area contributed by atoms with Crippen LogP contribution in [0.25, 0.3) is 0 Å². The third-order valence-electron chi connectivity index (χ3n) is 4.48. The number of amides is 2. The summed E-state index contributed by atoms with van der Waals surface area (Å²) in [6.07, 6.45) is 3.38. The first-order valence-electron chi connectivity index (χ1n) is 9.49. The Morgan fingerprint density at radius 1 is 1.27 bits per heavy atom. The van der Waals surface area contributed by atoms with E-state index >= 15 is 0 Å².